The number of carbonyl (C=O) groups is 3. The molecule has 1 aromatic rings. The summed E-state index contributed by atoms with van der Waals surface area (Å²) in [5.74, 6) is 0.111. The molecule has 1 aliphatic rings. The highest BCUT2D eigenvalue weighted by Crippen LogP contribution is 2.22. The summed E-state index contributed by atoms with van der Waals surface area (Å²) in [6, 6.07) is 6.06. The van der Waals surface area contributed by atoms with Gasteiger partial charge in [0.25, 0.3) is 5.91 Å². The van der Waals surface area contributed by atoms with Crippen LogP contribution in [0, 0.1) is 5.92 Å². The monoisotopic (exact) mass is 418 g/mol. The lowest BCUT2D eigenvalue weighted by Gasteiger charge is -2.36. The Balaban J connectivity index is 2.07. The smallest absolute Gasteiger partial charge is 0.317 e. The van der Waals surface area contributed by atoms with Crippen molar-refractivity contribution in [3.63, 3.8) is 0 Å². The second-order valence-corrected chi connectivity index (χ2v) is 8.27. The van der Waals surface area contributed by atoms with Crippen LogP contribution in [-0.2, 0) is 4.79 Å². The van der Waals surface area contributed by atoms with Gasteiger partial charge in [0.1, 0.15) is 11.8 Å². The maximum atomic E-state index is 12.8. The summed E-state index contributed by atoms with van der Waals surface area (Å²) in [4.78, 5) is 39.6. The standard InChI is InChI=1S/C22H34N4O4/c1-14(2)23-21(28)19(25-20(27)17-6-8-18(30-5)9-7-17)16-10-12-26(13-11-16)22(29)24-15(3)4/h6-9,14-16,19H,10-13H2,1-5H3,(H,23,28)(H,24,29)(H,25,27)/t19-/m1/s1. The van der Waals surface area contributed by atoms with Gasteiger partial charge in [-0.2, -0.15) is 0 Å². The van der Waals surface area contributed by atoms with E-state index in [0.717, 1.165) is 0 Å². The molecule has 2 rings (SSSR count). The Morgan fingerprint density at radius 2 is 1.50 bits per heavy atom. The summed E-state index contributed by atoms with van der Waals surface area (Å²) in [6.45, 7) is 8.72. The van der Waals surface area contributed by atoms with Gasteiger partial charge in [0.2, 0.25) is 5.91 Å². The first-order chi connectivity index (χ1) is 14.2. The molecule has 0 aliphatic carbocycles. The molecule has 0 saturated carbocycles. The van der Waals surface area contributed by atoms with E-state index in [9.17, 15) is 14.4 Å². The normalized spacial score (nSPS) is 15.6. The highest BCUT2D eigenvalue weighted by Gasteiger charge is 2.34. The molecular formula is C22H34N4O4. The molecule has 1 heterocycles. The number of methoxy groups -OCH3 is 1. The summed E-state index contributed by atoms with van der Waals surface area (Å²) >= 11 is 0. The molecule has 0 aromatic heterocycles. The molecule has 1 aromatic carbocycles. The molecule has 4 amide bonds. The fourth-order valence-electron chi connectivity index (χ4n) is 3.51. The van der Waals surface area contributed by atoms with Crippen LogP contribution < -0.4 is 20.7 Å². The van der Waals surface area contributed by atoms with Crippen LogP contribution in [0.2, 0.25) is 0 Å². The highest BCUT2D eigenvalue weighted by atomic mass is 16.5. The molecule has 3 N–H and O–H groups in total. The maximum Gasteiger partial charge on any atom is 0.317 e. The van der Waals surface area contributed by atoms with Crippen LogP contribution in [0.25, 0.3) is 0 Å². The number of benzene rings is 1. The largest absolute Gasteiger partial charge is 0.497 e. The predicted molar refractivity (Wildman–Crippen MR) is 115 cm³/mol. The lowest BCUT2D eigenvalue weighted by Crippen LogP contribution is -2.55. The van der Waals surface area contributed by atoms with Crippen LogP contribution in [-0.4, -0.2) is 61.1 Å². The Bertz CT molecular complexity index is 725. The van der Waals surface area contributed by atoms with Crippen molar-refractivity contribution in [3.8, 4) is 5.75 Å². The second kappa shape index (κ2) is 10.8. The van der Waals surface area contributed by atoms with Crippen LogP contribution in [0.5, 0.6) is 5.75 Å². The Morgan fingerprint density at radius 3 is 2.00 bits per heavy atom. The van der Waals surface area contributed by atoms with Crippen molar-refractivity contribution in [3.05, 3.63) is 29.8 Å². The van der Waals surface area contributed by atoms with Crippen molar-refractivity contribution in [1.29, 1.82) is 0 Å². The van der Waals surface area contributed by atoms with E-state index in [0.29, 0.717) is 37.2 Å². The third-order valence-corrected chi connectivity index (χ3v) is 5.06. The van der Waals surface area contributed by atoms with Gasteiger partial charge >= 0.3 is 6.03 Å². The van der Waals surface area contributed by atoms with E-state index in [1.165, 1.54) is 0 Å². The van der Waals surface area contributed by atoms with Gasteiger partial charge in [-0.15, -0.1) is 0 Å². The van der Waals surface area contributed by atoms with Crippen LogP contribution in [0.3, 0.4) is 0 Å². The molecule has 1 saturated heterocycles. The van der Waals surface area contributed by atoms with Crippen molar-refractivity contribution < 1.29 is 19.1 Å². The predicted octanol–water partition coefficient (Wildman–Crippen LogP) is 2.15. The quantitative estimate of drug-likeness (QED) is 0.632. The minimum Gasteiger partial charge on any atom is -0.497 e. The molecule has 1 aliphatic heterocycles. The van der Waals surface area contributed by atoms with Gasteiger partial charge in [-0.3, -0.25) is 9.59 Å². The molecule has 0 unspecified atom stereocenters. The summed E-state index contributed by atoms with van der Waals surface area (Å²) in [6.07, 6.45) is 1.29. The van der Waals surface area contributed by atoms with Crippen molar-refractivity contribution in [2.45, 2.75) is 58.7 Å². The molecule has 1 fully saturated rings. The van der Waals surface area contributed by atoms with Crippen molar-refractivity contribution >= 4 is 17.8 Å². The van der Waals surface area contributed by atoms with E-state index < -0.39 is 6.04 Å². The number of urea groups is 1. The molecular weight excluding hydrogens is 384 g/mol. The summed E-state index contributed by atoms with van der Waals surface area (Å²) < 4.78 is 5.13. The van der Waals surface area contributed by atoms with Crippen molar-refractivity contribution in [2.75, 3.05) is 20.2 Å². The van der Waals surface area contributed by atoms with Crippen LogP contribution in [0.4, 0.5) is 4.79 Å². The molecule has 0 bridgehead atoms. The van der Waals surface area contributed by atoms with Gasteiger partial charge in [0.15, 0.2) is 0 Å². The zero-order valence-corrected chi connectivity index (χ0v) is 18.5. The van der Waals surface area contributed by atoms with Gasteiger partial charge in [0, 0.05) is 30.7 Å². The maximum absolute atomic E-state index is 12.8. The van der Waals surface area contributed by atoms with Crippen LogP contribution in [0.15, 0.2) is 24.3 Å². The Labute approximate surface area is 178 Å². The first-order valence-corrected chi connectivity index (χ1v) is 10.5. The number of hydrogen-bond donors (Lipinski definition) is 3. The molecule has 166 valence electrons. The molecule has 8 heteroatoms. The van der Waals surface area contributed by atoms with Gasteiger partial charge in [-0.1, -0.05) is 0 Å². The van der Waals surface area contributed by atoms with E-state index in [1.54, 1.807) is 36.3 Å². The van der Waals surface area contributed by atoms with Gasteiger partial charge in [0.05, 0.1) is 7.11 Å². The zero-order valence-electron chi connectivity index (χ0n) is 18.5. The number of piperidine rings is 1. The number of rotatable bonds is 7. The highest BCUT2D eigenvalue weighted by molar-refractivity contribution is 5.97. The van der Waals surface area contributed by atoms with Gasteiger partial charge in [-0.25, -0.2) is 4.79 Å². The number of likely N-dealkylation sites (tertiary alicyclic amines) is 1. The Kier molecular flexibility index (Phi) is 8.50. The van der Waals surface area contributed by atoms with Gasteiger partial charge < -0.3 is 25.6 Å². The fourth-order valence-corrected chi connectivity index (χ4v) is 3.51. The minimum atomic E-state index is -0.655. The molecule has 0 spiro atoms. The fraction of sp³-hybridized carbons (Fsp3) is 0.591. The summed E-state index contributed by atoms with van der Waals surface area (Å²) in [5.41, 5.74) is 0.465. The Morgan fingerprint density at radius 1 is 0.933 bits per heavy atom. The van der Waals surface area contributed by atoms with E-state index in [-0.39, 0.29) is 35.8 Å². The van der Waals surface area contributed by atoms with E-state index in [4.69, 9.17) is 4.74 Å². The SMILES string of the molecule is COc1ccc(C(=O)N[C@@H](C(=O)NC(C)C)C2CCN(C(=O)NC(C)C)CC2)cc1. The third kappa shape index (κ3) is 6.64. The zero-order chi connectivity index (χ0) is 22.3. The summed E-state index contributed by atoms with van der Waals surface area (Å²) in [5, 5.41) is 8.72. The number of nitrogens with zero attached hydrogens (tertiary/aromatic N) is 1. The number of nitrogens with one attached hydrogen (secondary N) is 3. The van der Waals surface area contributed by atoms with E-state index in [1.807, 2.05) is 27.7 Å². The average Bonchev–Trinajstić information content (AvgIpc) is 2.71. The van der Waals surface area contributed by atoms with E-state index >= 15 is 0 Å². The number of amides is 4. The number of carbonyl (C=O) groups excluding carboxylic acids is 3. The van der Waals surface area contributed by atoms with Crippen molar-refractivity contribution in [2.24, 2.45) is 5.92 Å². The van der Waals surface area contributed by atoms with Crippen LogP contribution >= 0.6 is 0 Å². The first-order valence-electron chi connectivity index (χ1n) is 10.5. The summed E-state index contributed by atoms with van der Waals surface area (Å²) in [7, 11) is 1.56. The molecule has 0 radical (unpaired) electrons. The molecule has 8 nitrogen and oxygen atoms in total. The van der Waals surface area contributed by atoms with Gasteiger partial charge in [-0.05, 0) is 70.7 Å². The van der Waals surface area contributed by atoms with Crippen molar-refractivity contribution in [1.82, 2.24) is 20.9 Å². The minimum absolute atomic E-state index is 0.0326. The second-order valence-electron chi connectivity index (χ2n) is 8.27. The van der Waals surface area contributed by atoms with E-state index in [2.05, 4.69) is 16.0 Å². The number of hydrogen-bond acceptors (Lipinski definition) is 4. The Hall–Kier alpha value is -2.77. The lowest BCUT2D eigenvalue weighted by atomic mass is 9.88. The topological polar surface area (TPSA) is 99.8 Å². The third-order valence-electron chi connectivity index (χ3n) is 5.06. The molecule has 1 atom stereocenters. The average molecular weight is 419 g/mol. The number of ether oxygens (including phenoxy) is 1. The first kappa shape index (κ1) is 23.5. The lowest BCUT2D eigenvalue weighted by molar-refractivity contribution is -0.125. The van der Waals surface area contributed by atoms with Crippen LogP contribution in [0.1, 0.15) is 50.9 Å². The molecule has 30 heavy (non-hydrogen) atoms.